The summed E-state index contributed by atoms with van der Waals surface area (Å²) in [4.78, 5) is 9.54. The molecule has 0 aromatic rings. The van der Waals surface area contributed by atoms with Crippen LogP contribution in [0.3, 0.4) is 0 Å². The molecule has 0 aromatic carbocycles. The Bertz CT molecular complexity index is 64.3. The zero-order chi connectivity index (χ0) is 5.70. The Morgan fingerprint density at radius 3 is 2.25 bits per heavy atom. The number of aliphatic carboxylic acids is 1. The molecule has 0 saturated carbocycles. The largest absolute Gasteiger partial charge is 1.00 e. The summed E-state index contributed by atoms with van der Waals surface area (Å²) < 4.78 is 0. The molecule has 3 nitrogen and oxygen atoms in total. The van der Waals surface area contributed by atoms with E-state index in [1.165, 1.54) is 0 Å². The van der Waals surface area contributed by atoms with Gasteiger partial charge in [0.25, 0.3) is 0 Å². The molecule has 0 aliphatic rings. The Morgan fingerprint density at radius 1 is 1.62 bits per heavy atom. The SMILES string of the molecule is O=C([O-])CCCO.[Na+]. The van der Waals surface area contributed by atoms with Crippen LogP contribution in [0.4, 0.5) is 0 Å². The molecule has 0 unspecified atom stereocenters. The number of carbonyl (C=O) groups is 1. The first kappa shape index (κ1) is 11.3. The van der Waals surface area contributed by atoms with Crippen LogP contribution in [0, 0.1) is 0 Å². The zero-order valence-corrected chi connectivity index (χ0v) is 6.89. The van der Waals surface area contributed by atoms with Crippen LogP contribution in [-0.4, -0.2) is 17.7 Å². The van der Waals surface area contributed by atoms with E-state index in [1.54, 1.807) is 0 Å². The van der Waals surface area contributed by atoms with Crippen molar-refractivity contribution in [3.8, 4) is 0 Å². The third kappa shape index (κ3) is 9.66. The predicted octanol–water partition coefficient (Wildman–Crippen LogP) is -4.49. The Morgan fingerprint density at radius 2 is 2.12 bits per heavy atom. The van der Waals surface area contributed by atoms with Crippen LogP contribution >= 0.6 is 0 Å². The van der Waals surface area contributed by atoms with Crippen molar-refractivity contribution in [3.63, 3.8) is 0 Å². The van der Waals surface area contributed by atoms with Crippen molar-refractivity contribution >= 4 is 5.97 Å². The molecule has 1 N–H and O–H groups in total. The minimum Gasteiger partial charge on any atom is -0.550 e. The van der Waals surface area contributed by atoms with E-state index in [-0.39, 0.29) is 42.6 Å². The van der Waals surface area contributed by atoms with Crippen molar-refractivity contribution in [1.29, 1.82) is 0 Å². The van der Waals surface area contributed by atoms with E-state index in [9.17, 15) is 9.90 Å². The fraction of sp³-hybridized carbons (Fsp3) is 0.750. The van der Waals surface area contributed by atoms with Crippen molar-refractivity contribution in [3.05, 3.63) is 0 Å². The molecule has 4 heteroatoms. The van der Waals surface area contributed by atoms with E-state index in [0.717, 1.165) is 0 Å². The molecule has 8 heavy (non-hydrogen) atoms. The smallest absolute Gasteiger partial charge is 0.550 e. The summed E-state index contributed by atoms with van der Waals surface area (Å²) in [5.74, 6) is -1.10. The molecular weight excluding hydrogens is 119 g/mol. The quantitative estimate of drug-likeness (QED) is 0.388. The van der Waals surface area contributed by atoms with Crippen LogP contribution < -0.4 is 34.7 Å². The first-order valence-corrected chi connectivity index (χ1v) is 2.08. The van der Waals surface area contributed by atoms with E-state index in [1.807, 2.05) is 0 Å². The number of aliphatic hydroxyl groups is 1. The number of rotatable bonds is 3. The van der Waals surface area contributed by atoms with Gasteiger partial charge in [0, 0.05) is 12.6 Å². The van der Waals surface area contributed by atoms with Gasteiger partial charge in [-0.15, -0.1) is 0 Å². The maximum absolute atomic E-state index is 9.54. The average Bonchev–Trinajstić information content (AvgIpc) is 1.61. The third-order valence-electron chi connectivity index (χ3n) is 0.539. The minimum absolute atomic E-state index is 0. The molecular formula is C4H7NaO3. The van der Waals surface area contributed by atoms with Crippen LogP contribution in [0.1, 0.15) is 12.8 Å². The molecule has 0 rings (SSSR count). The monoisotopic (exact) mass is 126 g/mol. The van der Waals surface area contributed by atoms with Gasteiger partial charge in [-0.1, -0.05) is 0 Å². The Hall–Kier alpha value is 0.430. The van der Waals surface area contributed by atoms with Gasteiger partial charge >= 0.3 is 29.6 Å². The van der Waals surface area contributed by atoms with Crippen molar-refractivity contribution < 1.29 is 44.6 Å². The Balaban J connectivity index is 0. The van der Waals surface area contributed by atoms with E-state index < -0.39 is 5.97 Å². The van der Waals surface area contributed by atoms with Crippen molar-refractivity contribution in [2.45, 2.75) is 12.8 Å². The van der Waals surface area contributed by atoms with E-state index in [2.05, 4.69) is 0 Å². The molecule has 0 fully saturated rings. The standard InChI is InChI=1S/C4H8O3.Na/c5-3-1-2-4(6)7;/h5H,1-3H2,(H,6,7);/q;+1/p-1. The summed E-state index contributed by atoms with van der Waals surface area (Å²) in [6, 6.07) is 0. The number of carboxylic acids is 1. The molecule has 0 aliphatic carbocycles. The van der Waals surface area contributed by atoms with Gasteiger partial charge in [0.05, 0.1) is 0 Å². The van der Waals surface area contributed by atoms with Gasteiger partial charge in [0.1, 0.15) is 0 Å². The van der Waals surface area contributed by atoms with Crippen LogP contribution in [-0.2, 0) is 4.79 Å². The van der Waals surface area contributed by atoms with Gasteiger partial charge in [0.15, 0.2) is 0 Å². The first-order chi connectivity index (χ1) is 3.27. The molecule has 0 spiro atoms. The maximum atomic E-state index is 9.54. The van der Waals surface area contributed by atoms with Gasteiger partial charge in [-0.05, 0) is 12.8 Å². The molecule has 0 amide bonds. The first-order valence-electron chi connectivity index (χ1n) is 2.08. The van der Waals surface area contributed by atoms with Gasteiger partial charge in [-0.3, -0.25) is 0 Å². The molecule has 0 aromatic heterocycles. The summed E-state index contributed by atoms with van der Waals surface area (Å²) in [6.45, 7) is -0.0754. The topological polar surface area (TPSA) is 60.4 Å². The van der Waals surface area contributed by atoms with Crippen LogP contribution in [0.15, 0.2) is 0 Å². The second kappa shape index (κ2) is 7.43. The minimum atomic E-state index is -1.10. The second-order valence-electron chi connectivity index (χ2n) is 1.20. The predicted molar refractivity (Wildman–Crippen MR) is 21.3 cm³/mol. The van der Waals surface area contributed by atoms with Crippen molar-refractivity contribution in [1.82, 2.24) is 0 Å². The number of hydrogen-bond acceptors (Lipinski definition) is 3. The molecule has 0 aliphatic heterocycles. The molecule has 0 saturated heterocycles. The number of carboxylic acid groups (broad SMARTS) is 1. The van der Waals surface area contributed by atoms with Crippen LogP contribution in [0.2, 0.25) is 0 Å². The molecule has 0 heterocycles. The van der Waals surface area contributed by atoms with Gasteiger partial charge < -0.3 is 15.0 Å². The van der Waals surface area contributed by atoms with E-state index >= 15 is 0 Å². The van der Waals surface area contributed by atoms with Crippen LogP contribution in [0.25, 0.3) is 0 Å². The Kier molecular flexibility index (Phi) is 10.5. The summed E-state index contributed by atoms with van der Waals surface area (Å²) in [5, 5.41) is 17.6. The molecule has 0 atom stereocenters. The summed E-state index contributed by atoms with van der Waals surface area (Å²) in [5.41, 5.74) is 0. The number of aliphatic hydroxyl groups excluding tert-OH is 1. The molecule has 42 valence electrons. The maximum Gasteiger partial charge on any atom is 1.00 e. The van der Waals surface area contributed by atoms with Gasteiger partial charge in [-0.25, -0.2) is 0 Å². The number of hydrogen-bond donors (Lipinski definition) is 1. The molecule has 0 radical (unpaired) electrons. The van der Waals surface area contributed by atoms with Gasteiger partial charge in [-0.2, -0.15) is 0 Å². The fourth-order valence-electron chi connectivity index (χ4n) is 0.223. The summed E-state index contributed by atoms with van der Waals surface area (Å²) >= 11 is 0. The van der Waals surface area contributed by atoms with Crippen molar-refractivity contribution in [2.75, 3.05) is 6.61 Å². The van der Waals surface area contributed by atoms with E-state index in [4.69, 9.17) is 5.11 Å². The van der Waals surface area contributed by atoms with Crippen molar-refractivity contribution in [2.24, 2.45) is 0 Å². The molecule has 0 bridgehead atoms. The summed E-state index contributed by atoms with van der Waals surface area (Å²) in [6.07, 6.45) is 0.249. The zero-order valence-electron chi connectivity index (χ0n) is 4.89. The fourth-order valence-corrected chi connectivity index (χ4v) is 0.223. The van der Waals surface area contributed by atoms with Crippen LogP contribution in [0.5, 0.6) is 0 Å². The average molecular weight is 126 g/mol. The normalized spacial score (nSPS) is 7.62. The van der Waals surface area contributed by atoms with Gasteiger partial charge in [0.2, 0.25) is 0 Å². The second-order valence-corrected chi connectivity index (χ2v) is 1.20. The Labute approximate surface area is 70.0 Å². The summed E-state index contributed by atoms with van der Waals surface area (Å²) in [7, 11) is 0. The van der Waals surface area contributed by atoms with E-state index in [0.29, 0.717) is 6.42 Å². The number of carbonyl (C=O) groups excluding carboxylic acids is 1. The third-order valence-corrected chi connectivity index (χ3v) is 0.539.